The highest BCUT2D eigenvalue weighted by Gasteiger charge is 2.53. The summed E-state index contributed by atoms with van der Waals surface area (Å²) < 4.78 is 23.4. The highest BCUT2D eigenvalue weighted by Crippen LogP contribution is 2.43. The molecule has 280 valence electrons. The molecule has 5 heterocycles. The van der Waals surface area contributed by atoms with Gasteiger partial charge >= 0.3 is 12.2 Å². The molecule has 3 aliphatic heterocycles. The highest BCUT2D eigenvalue weighted by atomic mass is 16.6. The first-order valence-electron chi connectivity index (χ1n) is 18.7. The first-order valence-corrected chi connectivity index (χ1v) is 18.7. The second kappa shape index (κ2) is 14.8. The monoisotopic (exact) mass is 730 g/mol. The van der Waals surface area contributed by atoms with Crippen LogP contribution in [0, 0.1) is 0 Å². The van der Waals surface area contributed by atoms with E-state index in [1.807, 2.05) is 63.5 Å². The molecule has 0 radical (unpaired) electrons. The number of nitrogens with one attached hydrogen (secondary N) is 2. The fourth-order valence-electron chi connectivity index (χ4n) is 7.59. The Morgan fingerprint density at radius 3 is 1.96 bits per heavy atom. The number of nitrogens with zero attached hydrogens (tertiary/aromatic N) is 4. The highest BCUT2D eigenvalue weighted by molar-refractivity contribution is 5.72. The summed E-state index contributed by atoms with van der Waals surface area (Å²) in [4.78, 5) is 46.5. The number of carbonyl (C=O) groups is 2. The van der Waals surface area contributed by atoms with E-state index in [1.54, 1.807) is 9.80 Å². The average Bonchev–Trinajstić information content (AvgIpc) is 4.01. The van der Waals surface area contributed by atoms with Crippen LogP contribution >= 0.6 is 0 Å². The van der Waals surface area contributed by atoms with Gasteiger partial charge in [0.05, 0.1) is 37.3 Å². The van der Waals surface area contributed by atoms with Crippen molar-refractivity contribution in [2.24, 2.45) is 0 Å². The van der Waals surface area contributed by atoms with E-state index in [-0.39, 0.29) is 18.7 Å². The Kier molecular flexibility index (Phi) is 9.72. The molecule has 12 heteroatoms. The van der Waals surface area contributed by atoms with Gasteiger partial charge in [0, 0.05) is 42.9 Å². The third-order valence-electron chi connectivity index (χ3n) is 10.3. The molecule has 3 aliphatic rings. The Balaban J connectivity index is 0.940. The lowest BCUT2D eigenvalue weighted by Crippen LogP contribution is -2.52. The van der Waals surface area contributed by atoms with E-state index in [4.69, 9.17) is 28.9 Å². The van der Waals surface area contributed by atoms with E-state index < -0.39 is 23.5 Å². The van der Waals surface area contributed by atoms with Crippen molar-refractivity contribution in [2.75, 3.05) is 26.4 Å². The third kappa shape index (κ3) is 7.36. The molecule has 12 nitrogen and oxygen atoms in total. The summed E-state index contributed by atoms with van der Waals surface area (Å²) >= 11 is 0. The van der Waals surface area contributed by atoms with Crippen LogP contribution in [0.15, 0.2) is 91.3 Å². The molecule has 5 aromatic rings. The summed E-state index contributed by atoms with van der Waals surface area (Å²) in [5.74, 6) is 1.42. The van der Waals surface area contributed by atoms with Crippen LogP contribution in [0.1, 0.15) is 75.8 Å². The number of likely N-dealkylation sites (tertiary alicyclic amines) is 1. The molecule has 3 fully saturated rings. The first-order chi connectivity index (χ1) is 26.2. The van der Waals surface area contributed by atoms with Crippen LogP contribution in [0.25, 0.3) is 33.6 Å². The number of ether oxygens (including phenoxy) is 4. The van der Waals surface area contributed by atoms with Crippen molar-refractivity contribution in [3.05, 3.63) is 108 Å². The van der Waals surface area contributed by atoms with Crippen molar-refractivity contribution in [2.45, 2.75) is 76.5 Å². The van der Waals surface area contributed by atoms with Gasteiger partial charge in [-0.2, -0.15) is 0 Å². The Bertz CT molecular complexity index is 2060. The normalized spacial score (nSPS) is 19.7. The minimum atomic E-state index is -0.792. The number of hydrogen-bond acceptors (Lipinski definition) is 8. The summed E-state index contributed by atoms with van der Waals surface area (Å²) in [6, 6.07) is 25.7. The quantitative estimate of drug-likeness (QED) is 0.170. The Hall–Kier alpha value is -5.46. The fourth-order valence-corrected chi connectivity index (χ4v) is 7.59. The van der Waals surface area contributed by atoms with Crippen LogP contribution in [-0.2, 0) is 25.6 Å². The zero-order chi connectivity index (χ0) is 37.3. The van der Waals surface area contributed by atoms with E-state index in [9.17, 15) is 9.59 Å². The van der Waals surface area contributed by atoms with Gasteiger partial charge in [-0.3, -0.25) is 9.80 Å². The molecule has 3 saturated heterocycles. The summed E-state index contributed by atoms with van der Waals surface area (Å²) in [7, 11) is 0. The number of H-pyrrole nitrogens is 2. The van der Waals surface area contributed by atoms with E-state index in [0.29, 0.717) is 45.0 Å². The molecule has 1 spiro atoms. The van der Waals surface area contributed by atoms with Gasteiger partial charge in [0.15, 0.2) is 5.72 Å². The Labute approximate surface area is 314 Å². The van der Waals surface area contributed by atoms with Crippen LogP contribution in [0.2, 0.25) is 0 Å². The second-order valence-corrected chi connectivity index (χ2v) is 15.1. The lowest BCUT2D eigenvalue weighted by Gasteiger charge is -2.40. The summed E-state index contributed by atoms with van der Waals surface area (Å²) in [6.45, 7) is 7.80. The molecule has 8 rings (SSSR count). The molecule has 54 heavy (non-hydrogen) atoms. The number of aromatic amines is 2. The van der Waals surface area contributed by atoms with Crippen molar-refractivity contribution >= 4 is 12.2 Å². The van der Waals surface area contributed by atoms with Crippen LogP contribution < -0.4 is 0 Å². The smallest absolute Gasteiger partial charge is 0.413 e. The molecule has 3 aromatic carbocycles. The molecule has 2 amide bonds. The standard InChI is InChI=1S/C42H46N6O6/c1-41(2,3)54-39(49)47-21-7-10-35(47)37-43-24-33(45-37)31-15-11-29(12-16-31)30-13-17-32(18-14-30)34-25-44-38(46-34)36-27-53-42(19-22-51-23-20-42)48(36)40(50)52-26-28-8-5-4-6-9-28/h4-6,8-9,11-18,24-25,35-36H,7,10,19-23,26-27H2,1-3H3,(H,43,45)(H,44,46)/t35-,36-/m0/s1. The minimum Gasteiger partial charge on any atom is -0.444 e. The number of rotatable bonds is 7. The van der Waals surface area contributed by atoms with Gasteiger partial charge in [-0.25, -0.2) is 19.6 Å². The Morgan fingerprint density at radius 2 is 1.37 bits per heavy atom. The molecule has 0 saturated carbocycles. The van der Waals surface area contributed by atoms with Gasteiger partial charge in [-0.15, -0.1) is 0 Å². The molecule has 2 atom stereocenters. The van der Waals surface area contributed by atoms with E-state index in [1.165, 1.54) is 0 Å². The van der Waals surface area contributed by atoms with Crippen LogP contribution in [0.3, 0.4) is 0 Å². The third-order valence-corrected chi connectivity index (χ3v) is 10.3. The number of benzene rings is 3. The van der Waals surface area contributed by atoms with Crippen molar-refractivity contribution < 1.29 is 28.5 Å². The SMILES string of the molecule is CC(C)(C)OC(=O)N1CCC[C@H]1c1nc(-c2ccc(-c3ccc(-c4c[nH]c([C@@H]5COC6(CCOCC6)N5C(=O)OCc5ccccc5)n4)cc3)cc2)c[nH]1. The number of hydrogen-bond donors (Lipinski definition) is 2. The van der Waals surface area contributed by atoms with Crippen molar-refractivity contribution in [1.29, 1.82) is 0 Å². The van der Waals surface area contributed by atoms with Crippen molar-refractivity contribution in [3.63, 3.8) is 0 Å². The zero-order valence-electron chi connectivity index (χ0n) is 30.9. The number of imidazole rings is 2. The van der Waals surface area contributed by atoms with E-state index >= 15 is 0 Å². The van der Waals surface area contributed by atoms with Gasteiger partial charge in [-0.05, 0) is 50.3 Å². The summed E-state index contributed by atoms with van der Waals surface area (Å²) in [5.41, 5.74) is 5.27. The van der Waals surface area contributed by atoms with Crippen LogP contribution in [0.5, 0.6) is 0 Å². The maximum absolute atomic E-state index is 13.7. The van der Waals surface area contributed by atoms with Gasteiger partial charge < -0.3 is 28.9 Å². The number of carbonyl (C=O) groups excluding carboxylic acids is 2. The maximum atomic E-state index is 13.7. The summed E-state index contributed by atoms with van der Waals surface area (Å²) in [5, 5.41) is 0. The number of aromatic nitrogens is 4. The molecule has 2 aromatic heterocycles. The second-order valence-electron chi connectivity index (χ2n) is 15.1. The molecule has 2 N–H and O–H groups in total. The predicted molar refractivity (Wildman–Crippen MR) is 202 cm³/mol. The first kappa shape index (κ1) is 35.6. The van der Waals surface area contributed by atoms with Crippen LogP contribution in [0.4, 0.5) is 9.59 Å². The largest absolute Gasteiger partial charge is 0.444 e. The van der Waals surface area contributed by atoms with E-state index in [0.717, 1.165) is 57.9 Å². The Morgan fingerprint density at radius 1 is 0.796 bits per heavy atom. The fraction of sp³-hybridized carbons (Fsp3) is 0.381. The van der Waals surface area contributed by atoms with Gasteiger partial charge in [-0.1, -0.05) is 78.9 Å². The average molecular weight is 731 g/mol. The molecular formula is C42H46N6O6. The molecule has 0 aliphatic carbocycles. The van der Waals surface area contributed by atoms with Crippen LogP contribution in [-0.4, -0.2) is 79.6 Å². The zero-order valence-corrected chi connectivity index (χ0v) is 30.9. The van der Waals surface area contributed by atoms with Gasteiger partial charge in [0.1, 0.15) is 29.9 Å². The van der Waals surface area contributed by atoms with Crippen molar-refractivity contribution in [1.82, 2.24) is 29.7 Å². The van der Waals surface area contributed by atoms with Gasteiger partial charge in [0.25, 0.3) is 0 Å². The topological polar surface area (TPSA) is 135 Å². The number of amides is 2. The summed E-state index contributed by atoms with van der Waals surface area (Å²) in [6.07, 6.45) is 5.93. The maximum Gasteiger partial charge on any atom is 0.413 e. The lowest BCUT2D eigenvalue weighted by molar-refractivity contribution is -0.137. The lowest BCUT2D eigenvalue weighted by atomic mass is 10.0. The van der Waals surface area contributed by atoms with E-state index in [2.05, 4.69) is 58.5 Å². The molecular weight excluding hydrogens is 684 g/mol. The van der Waals surface area contributed by atoms with Gasteiger partial charge in [0.2, 0.25) is 0 Å². The van der Waals surface area contributed by atoms with Crippen molar-refractivity contribution in [3.8, 4) is 33.6 Å². The molecule has 0 bridgehead atoms. The predicted octanol–water partition coefficient (Wildman–Crippen LogP) is 8.42. The minimum absolute atomic E-state index is 0.132. The molecule has 0 unspecified atom stereocenters.